The molecule has 6 rings (SSSR count). The first-order chi connectivity index (χ1) is 16.9. The van der Waals surface area contributed by atoms with Crippen molar-refractivity contribution < 1.29 is 19.0 Å². The largest absolute Gasteiger partial charge is 0.506 e. The van der Waals surface area contributed by atoms with Gasteiger partial charge in [-0.1, -0.05) is 47.7 Å². The van der Waals surface area contributed by atoms with E-state index in [1.165, 1.54) is 16.9 Å². The third-order valence-electron chi connectivity index (χ3n) is 7.22. The van der Waals surface area contributed by atoms with Gasteiger partial charge in [-0.2, -0.15) is 0 Å². The lowest BCUT2D eigenvalue weighted by Crippen LogP contribution is -2.53. The monoisotopic (exact) mass is 489 g/mol. The molecule has 1 aliphatic heterocycles. The first-order valence-electron chi connectivity index (χ1n) is 11.7. The van der Waals surface area contributed by atoms with Crippen LogP contribution in [0.3, 0.4) is 0 Å². The Morgan fingerprint density at radius 1 is 1.14 bits per heavy atom. The number of pyridine rings is 1. The summed E-state index contributed by atoms with van der Waals surface area (Å²) >= 11 is 1.42. The molecule has 178 valence electrons. The van der Waals surface area contributed by atoms with E-state index in [0.29, 0.717) is 23.7 Å². The number of thiazole rings is 1. The van der Waals surface area contributed by atoms with Gasteiger partial charge < -0.3 is 9.84 Å². The fourth-order valence-corrected chi connectivity index (χ4v) is 5.92. The SMILES string of the molecule is C[C@H](c1ccc(-c2nc3ccc(C4(c5ccccc5)CC4)nc3s2)c(F)c1)N1CC(OC(=O)O)C1. The van der Waals surface area contributed by atoms with Crippen molar-refractivity contribution in [1.29, 1.82) is 0 Å². The van der Waals surface area contributed by atoms with Gasteiger partial charge in [0.2, 0.25) is 0 Å². The van der Waals surface area contributed by atoms with Gasteiger partial charge in [-0.25, -0.2) is 19.2 Å². The zero-order valence-corrected chi connectivity index (χ0v) is 20.0. The second-order valence-electron chi connectivity index (χ2n) is 9.36. The molecule has 1 saturated heterocycles. The summed E-state index contributed by atoms with van der Waals surface area (Å²) in [6.07, 6.45) is 0.573. The van der Waals surface area contributed by atoms with Crippen molar-refractivity contribution in [2.24, 2.45) is 0 Å². The maximum absolute atomic E-state index is 15.2. The zero-order chi connectivity index (χ0) is 24.2. The molecule has 0 radical (unpaired) electrons. The van der Waals surface area contributed by atoms with Crippen LogP contribution in [-0.2, 0) is 10.2 Å². The van der Waals surface area contributed by atoms with Crippen LogP contribution >= 0.6 is 11.3 Å². The molecule has 35 heavy (non-hydrogen) atoms. The number of carbonyl (C=O) groups is 1. The average molecular weight is 490 g/mol. The Hall–Kier alpha value is -3.36. The summed E-state index contributed by atoms with van der Waals surface area (Å²) in [5.41, 5.74) is 4.39. The minimum Gasteiger partial charge on any atom is -0.450 e. The molecule has 2 aliphatic rings. The second kappa shape index (κ2) is 8.39. The summed E-state index contributed by atoms with van der Waals surface area (Å²) in [7, 11) is 0. The van der Waals surface area contributed by atoms with Crippen molar-refractivity contribution in [3.8, 4) is 10.6 Å². The maximum atomic E-state index is 15.2. The van der Waals surface area contributed by atoms with Crippen molar-refractivity contribution in [3.05, 3.63) is 83.3 Å². The van der Waals surface area contributed by atoms with Crippen molar-refractivity contribution in [1.82, 2.24) is 14.9 Å². The van der Waals surface area contributed by atoms with E-state index in [4.69, 9.17) is 14.8 Å². The van der Waals surface area contributed by atoms with Crippen LogP contribution in [0.2, 0.25) is 0 Å². The maximum Gasteiger partial charge on any atom is 0.506 e. The minimum atomic E-state index is -1.26. The van der Waals surface area contributed by atoms with E-state index in [1.807, 2.05) is 25.1 Å². The van der Waals surface area contributed by atoms with Crippen molar-refractivity contribution in [3.63, 3.8) is 0 Å². The molecular weight excluding hydrogens is 465 g/mol. The van der Waals surface area contributed by atoms with E-state index in [1.54, 1.807) is 12.1 Å². The summed E-state index contributed by atoms with van der Waals surface area (Å²) in [6.45, 7) is 3.00. The van der Waals surface area contributed by atoms with Crippen LogP contribution in [0, 0.1) is 5.82 Å². The molecule has 4 aromatic rings. The van der Waals surface area contributed by atoms with Gasteiger partial charge in [0.25, 0.3) is 0 Å². The minimum absolute atomic E-state index is 0.0198. The summed E-state index contributed by atoms with van der Waals surface area (Å²) in [4.78, 5) is 23.2. The summed E-state index contributed by atoms with van der Waals surface area (Å²) in [5, 5.41) is 9.34. The Morgan fingerprint density at radius 2 is 1.91 bits per heavy atom. The van der Waals surface area contributed by atoms with Gasteiger partial charge in [-0.15, -0.1) is 0 Å². The molecule has 0 amide bonds. The van der Waals surface area contributed by atoms with Gasteiger partial charge in [-0.05, 0) is 55.2 Å². The third-order valence-corrected chi connectivity index (χ3v) is 8.22. The number of nitrogens with zero attached hydrogens (tertiary/aromatic N) is 3. The van der Waals surface area contributed by atoms with E-state index in [9.17, 15) is 4.79 Å². The number of fused-ring (bicyclic) bond motifs is 1. The zero-order valence-electron chi connectivity index (χ0n) is 19.1. The van der Waals surface area contributed by atoms with Crippen LogP contribution in [-0.4, -0.2) is 45.3 Å². The van der Waals surface area contributed by atoms with Crippen LogP contribution in [0.15, 0.2) is 60.7 Å². The van der Waals surface area contributed by atoms with Gasteiger partial charge >= 0.3 is 6.16 Å². The number of likely N-dealkylation sites (tertiary alicyclic amines) is 1. The highest BCUT2D eigenvalue weighted by Crippen LogP contribution is 2.53. The highest BCUT2D eigenvalue weighted by molar-refractivity contribution is 7.21. The molecule has 2 fully saturated rings. The Bertz CT molecular complexity index is 1410. The molecule has 8 heteroatoms. The summed E-state index contributed by atoms with van der Waals surface area (Å²) in [6, 6.07) is 19.7. The number of carboxylic acid groups (broad SMARTS) is 1. The Kier molecular flexibility index (Phi) is 5.30. The van der Waals surface area contributed by atoms with Crippen LogP contribution < -0.4 is 0 Å². The molecule has 1 aliphatic carbocycles. The fourth-order valence-electron chi connectivity index (χ4n) is 4.95. The van der Waals surface area contributed by atoms with Gasteiger partial charge in [0.1, 0.15) is 27.3 Å². The highest BCUT2D eigenvalue weighted by atomic mass is 32.1. The standard InChI is InChI=1S/C27H24FN3O3S/c1-16(31-14-19(15-31)34-26(32)33)17-7-8-20(21(28)13-17)24-29-22-9-10-23(30-25(22)35-24)27(11-12-27)18-5-3-2-4-6-18/h2-10,13,16,19H,11-12,14-15H2,1H3,(H,32,33)/t16-/m1/s1. The van der Waals surface area contributed by atoms with Gasteiger partial charge in [0.15, 0.2) is 0 Å². The fraction of sp³-hybridized carbons (Fsp3) is 0.296. The molecule has 2 aromatic carbocycles. The van der Waals surface area contributed by atoms with Gasteiger partial charge in [0, 0.05) is 30.1 Å². The normalized spacial score (nSPS) is 18.2. The molecule has 1 atom stereocenters. The number of halogens is 1. The van der Waals surface area contributed by atoms with E-state index in [0.717, 1.165) is 34.4 Å². The number of ether oxygens (including phenoxy) is 1. The smallest absolute Gasteiger partial charge is 0.450 e. The Morgan fingerprint density at radius 3 is 2.60 bits per heavy atom. The average Bonchev–Trinajstić information content (AvgIpc) is 3.54. The molecule has 2 aromatic heterocycles. The lowest BCUT2D eigenvalue weighted by Gasteiger charge is -2.41. The summed E-state index contributed by atoms with van der Waals surface area (Å²) in [5.74, 6) is -0.324. The number of benzene rings is 2. The number of rotatable bonds is 6. The van der Waals surface area contributed by atoms with Crippen molar-refractivity contribution >= 4 is 27.8 Å². The van der Waals surface area contributed by atoms with Crippen LogP contribution in [0.4, 0.5) is 9.18 Å². The lowest BCUT2D eigenvalue weighted by molar-refractivity contribution is -0.0487. The van der Waals surface area contributed by atoms with Crippen molar-refractivity contribution in [2.75, 3.05) is 13.1 Å². The van der Waals surface area contributed by atoms with E-state index in [2.05, 4.69) is 40.2 Å². The first-order valence-corrected chi connectivity index (χ1v) is 12.5. The highest BCUT2D eigenvalue weighted by Gasteiger charge is 2.47. The lowest BCUT2D eigenvalue weighted by atomic mass is 9.92. The molecular formula is C27H24FN3O3S. The molecule has 3 heterocycles. The Labute approximate surface area is 206 Å². The molecule has 0 unspecified atom stereocenters. The van der Waals surface area contributed by atoms with Gasteiger partial charge in [-0.3, -0.25) is 4.90 Å². The quantitative estimate of drug-likeness (QED) is 0.334. The molecule has 1 N–H and O–H groups in total. The summed E-state index contributed by atoms with van der Waals surface area (Å²) < 4.78 is 20.0. The Balaban J connectivity index is 1.23. The third kappa shape index (κ3) is 3.96. The van der Waals surface area contributed by atoms with E-state index >= 15 is 4.39 Å². The molecule has 0 bridgehead atoms. The molecule has 1 saturated carbocycles. The molecule has 0 spiro atoms. The topological polar surface area (TPSA) is 75.5 Å². The number of aromatic nitrogens is 2. The van der Waals surface area contributed by atoms with Crippen LogP contribution in [0.25, 0.3) is 20.9 Å². The van der Waals surface area contributed by atoms with Gasteiger partial charge in [0.05, 0.1) is 5.69 Å². The van der Waals surface area contributed by atoms with Crippen LogP contribution in [0.5, 0.6) is 0 Å². The predicted molar refractivity (Wildman–Crippen MR) is 132 cm³/mol. The number of hydrogen-bond acceptors (Lipinski definition) is 6. The first kappa shape index (κ1) is 22.1. The second-order valence-corrected chi connectivity index (χ2v) is 10.3. The number of hydrogen-bond donors (Lipinski definition) is 1. The van der Waals surface area contributed by atoms with E-state index < -0.39 is 6.16 Å². The van der Waals surface area contributed by atoms with E-state index in [-0.39, 0.29) is 23.4 Å². The van der Waals surface area contributed by atoms with Crippen LogP contribution in [0.1, 0.15) is 42.6 Å². The van der Waals surface area contributed by atoms with Crippen molar-refractivity contribution in [2.45, 2.75) is 37.3 Å². The molecule has 6 nitrogen and oxygen atoms in total. The predicted octanol–water partition coefficient (Wildman–Crippen LogP) is 6.02.